The van der Waals surface area contributed by atoms with Crippen LogP contribution in [0.1, 0.15) is 243 Å². The molecule has 0 heteroatoms. The van der Waals surface area contributed by atoms with Gasteiger partial charge in [-0.15, -0.1) is 0 Å². The minimum atomic E-state index is 0.495. The van der Waals surface area contributed by atoms with Gasteiger partial charge in [-0.1, -0.05) is 214 Å². The first kappa shape index (κ1) is 49.8. The van der Waals surface area contributed by atoms with Crippen LogP contribution in [0.15, 0.2) is 79.4 Å². The third kappa shape index (κ3) is 17.6. The summed E-state index contributed by atoms with van der Waals surface area (Å²) in [7, 11) is 0. The summed E-state index contributed by atoms with van der Waals surface area (Å²) in [5, 5.41) is 0. The van der Waals surface area contributed by atoms with Crippen LogP contribution >= 0.6 is 0 Å². The molecule has 58 heavy (non-hydrogen) atoms. The second kappa shape index (κ2) is 25.9. The fraction of sp³-hybridized carbons (Fsp3) is 0.655. The molecule has 0 spiro atoms. The lowest BCUT2D eigenvalue weighted by Crippen LogP contribution is -2.21. The lowest BCUT2D eigenvalue weighted by molar-refractivity contribution is 0.177. The van der Waals surface area contributed by atoms with Crippen molar-refractivity contribution in [2.24, 2.45) is 29.1 Å². The summed E-state index contributed by atoms with van der Waals surface area (Å²) in [5.74, 6) is 5.52. The highest BCUT2D eigenvalue weighted by molar-refractivity contribution is 5.63. The van der Waals surface area contributed by atoms with Crippen molar-refractivity contribution in [2.75, 3.05) is 0 Å². The van der Waals surface area contributed by atoms with E-state index in [0.717, 1.165) is 24.2 Å². The summed E-state index contributed by atoms with van der Waals surface area (Å²) in [5.41, 5.74) is 10.5. The molecule has 0 nitrogen and oxygen atoms in total. The van der Waals surface area contributed by atoms with E-state index in [4.69, 9.17) is 0 Å². The largest absolute Gasteiger partial charge is 0.0952 e. The fourth-order valence-corrected chi connectivity index (χ4v) is 9.99. The molecular weight excluding hydrogens is 697 g/mol. The van der Waals surface area contributed by atoms with E-state index in [2.05, 4.69) is 162 Å². The third-order valence-electron chi connectivity index (χ3n) is 14.4. The van der Waals surface area contributed by atoms with Crippen molar-refractivity contribution in [2.45, 2.75) is 216 Å². The molecule has 0 aliphatic heterocycles. The van der Waals surface area contributed by atoms with Crippen molar-refractivity contribution in [1.29, 1.82) is 0 Å². The van der Waals surface area contributed by atoms with Gasteiger partial charge in [0.25, 0.3) is 0 Å². The summed E-state index contributed by atoms with van der Waals surface area (Å²) in [6.45, 7) is 33.2. The number of unbranched alkanes of at least 4 members (excludes halogenated alkanes) is 1. The predicted molar refractivity (Wildman–Crippen MR) is 261 cm³/mol. The zero-order valence-electron chi connectivity index (χ0n) is 40.3. The van der Waals surface area contributed by atoms with Gasteiger partial charge in [0.15, 0.2) is 0 Å². The molecule has 3 aromatic rings. The first-order valence-corrected chi connectivity index (χ1v) is 24.6. The van der Waals surface area contributed by atoms with Crippen LogP contribution in [-0.2, 0) is 6.42 Å². The van der Waals surface area contributed by atoms with Gasteiger partial charge in [-0.3, -0.25) is 0 Å². The molecule has 0 amide bonds. The highest BCUT2D eigenvalue weighted by Crippen LogP contribution is 2.42. The van der Waals surface area contributed by atoms with Gasteiger partial charge in [0.1, 0.15) is 0 Å². The van der Waals surface area contributed by atoms with E-state index in [1.165, 1.54) is 136 Å². The molecule has 0 radical (unpaired) electrons. The van der Waals surface area contributed by atoms with E-state index >= 15 is 0 Å². The Hall–Kier alpha value is -2.60. The monoisotopic (exact) mass is 789 g/mol. The van der Waals surface area contributed by atoms with E-state index in [1.54, 1.807) is 5.56 Å². The minimum Gasteiger partial charge on any atom is -0.0952 e. The van der Waals surface area contributed by atoms with Crippen molar-refractivity contribution in [3.63, 3.8) is 0 Å². The number of allylic oxidation sites excluding steroid dienone is 1. The van der Waals surface area contributed by atoms with E-state index in [-0.39, 0.29) is 0 Å². The van der Waals surface area contributed by atoms with Crippen molar-refractivity contribution in [3.8, 4) is 0 Å². The Morgan fingerprint density at radius 1 is 0.483 bits per heavy atom. The average molecular weight is 789 g/mol. The zero-order valence-corrected chi connectivity index (χ0v) is 40.3. The third-order valence-corrected chi connectivity index (χ3v) is 14.4. The molecule has 0 saturated heterocycles. The maximum Gasteiger partial charge on any atom is -0.0162 e. The van der Waals surface area contributed by atoms with Crippen molar-refractivity contribution >= 4 is 5.57 Å². The molecule has 0 saturated carbocycles. The Bertz CT molecular complexity index is 1520. The molecular formula is C58H92. The second-order valence-corrected chi connectivity index (χ2v) is 20.7. The van der Waals surface area contributed by atoms with Gasteiger partial charge >= 0.3 is 0 Å². The van der Waals surface area contributed by atoms with Gasteiger partial charge in [0, 0.05) is 0 Å². The topological polar surface area (TPSA) is 0 Å². The lowest BCUT2D eigenvalue weighted by Gasteiger charge is -2.35. The Morgan fingerprint density at radius 3 is 1.41 bits per heavy atom. The zero-order chi connectivity index (χ0) is 42.7. The first-order valence-electron chi connectivity index (χ1n) is 24.6. The maximum absolute atomic E-state index is 4.52. The van der Waals surface area contributed by atoms with Gasteiger partial charge in [0.05, 0.1) is 0 Å². The first-order chi connectivity index (χ1) is 27.6. The van der Waals surface area contributed by atoms with Crippen LogP contribution in [0, 0.1) is 29.1 Å². The van der Waals surface area contributed by atoms with E-state index in [0.29, 0.717) is 35.0 Å². The molecule has 3 rings (SSSR count). The Labute approximate surface area is 361 Å². The fourth-order valence-electron chi connectivity index (χ4n) is 9.99. The summed E-state index contributed by atoms with van der Waals surface area (Å²) in [6.07, 6.45) is 22.7. The number of rotatable bonds is 29. The maximum atomic E-state index is 4.52. The summed E-state index contributed by atoms with van der Waals surface area (Å²) in [6, 6.07) is 28.2. The Morgan fingerprint density at radius 2 is 0.914 bits per heavy atom. The summed E-state index contributed by atoms with van der Waals surface area (Å²) in [4.78, 5) is 0. The molecule has 3 aromatic carbocycles. The summed E-state index contributed by atoms with van der Waals surface area (Å²) >= 11 is 0. The molecule has 0 aromatic heterocycles. The normalized spacial score (nSPS) is 15.7. The highest BCUT2D eigenvalue weighted by atomic mass is 14.3. The minimum absolute atomic E-state index is 0.495. The molecule has 0 aliphatic carbocycles. The van der Waals surface area contributed by atoms with Gasteiger partial charge < -0.3 is 0 Å². The smallest absolute Gasteiger partial charge is 0.0162 e. The molecule has 0 fully saturated rings. The quantitative estimate of drug-likeness (QED) is 0.0615. The van der Waals surface area contributed by atoms with Crippen LogP contribution in [-0.4, -0.2) is 0 Å². The summed E-state index contributed by atoms with van der Waals surface area (Å²) < 4.78 is 0. The van der Waals surface area contributed by atoms with Crippen LogP contribution in [0.25, 0.3) is 5.57 Å². The molecule has 6 atom stereocenters. The Balaban J connectivity index is 1.54. The van der Waals surface area contributed by atoms with E-state index < -0.39 is 0 Å². The Kier molecular flexibility index (Phi) is 22.2. The van der Waals surface area contributed by atoms with Gasteiger partial charge in [-0.25, -0.2) is 0 Å². The number of aryl methyl sites for hydroxylation is 1. The standard InChI is InChI=1S/C58H92/c1-14-52(57-35-31-55(32-36-57)45(7)8)42-48(11)22-19-39-58(15-2,37-17-16-20-47(10)41-50(13)56-33-29-54(30-34-56)44(5)6)38-18-21-46(9)40-49(12)23-24-51-25-27-53(28-26-51)43(3)4/h25-36,43-49,52H,13-24,37-42H2,1-12H3. The van der Waals surface area contributed by atoms with E-state index in [9.17, 15) is 0 Å². The molecule has 0 bridgehead atoms. The molecule has 324 valence electrons. The van der Waals surface area contributed by atoms with Crippen molar-refractivity contribution in [3.05, 3.63) is 113 Å². The molecule has 6 unspecified atom stereocenters. The van der Waals surface area contributed by atoms with Crippen LogP contribution in [0.3, 0.4) is 0 Å². The molecule has 0 N–H and O–H groups in total. The van der Waals surface area contributed by atoms with Crippen molar-refractivity contribution < 1.29 is 0 Å². The second-order valence-electron chi connectivity index (χ2n) is 20.7. The average Bonchev–Trinajstić information content (AvgIpc) is 3.20. The van der Waals surface area contributed by atoms with Gasteiger partial charge in [0.2, 0.25) is 0 Å². The predicted octanol–water partition coefficient (Wildman–Crippen LogP) is 18.9. The van der Waals surface area contributed by atoms with Crippen LogP contribution in [0.2, 0.25) is 0 Å². The SMILES string of the molecule is C=C(CC(C)CCCCC(CC)(CCCC(C)CC(C)CCc1ccc(C(C)C)cc1)CCCC(C)CC(CC)c1ccc(C(C)C)cc1)c1ccc(C(C)C)cc1. The van der Waals surface area contributed by atoms with Crippen LogP contribution in [0.4, 0.5) is 0 Å². The molecule has 0 heterocycles. The van der Waals surface area contributed by atoms with Crippen molar-refractivity contribution in [1.82, 2.24) is 0 Å². The van der Waals surface area contributed by atoms with E-state index in [1.807, 2.05) is 0 Å². The number of hydrogen-bond acceptors (Lipinski definition) is 0. The van der Waals surface area contributed by atoms with Gasteiger partial charge in [-0.05, 0) is 149 Å². The number of hydrogen-bond donors (Lipinski definition) is 0. The van der Waals surface area contributed by atoms with Crippen LogP contribution in [0.5, 0.6) is 0 Å². The number of benzene rings is 3. The highest BCUT2D eigenvalue weighted by Gasteiger charge is 2.28. The lowest BCUT2D eigenvalue weighted by atomic mass is 9.71. The van der Waals surface area contributed by atoms with Crippen LogP contribution < -0.4 is 0 Å². The van der Waals surface area contributed by atoms with Gasteiger partial charge in [-0.2, -0.15) is 0 Å². The molecule has 0 aliphatic rings.